The lowest BCUT2D eigenvalue weighted by molar-refractivity contribution is -0.137. The molecule has 5 nitrogen and oxygen atoms in total. The summed E-state index contributed by atoms with van der Waals surface area (Å²) in [5.74, 6) is -0.359. The first-order chi connectivity index (χ1) is 13.3. The molecule has 1 aliphatic rings. The van der Waals surface area contributed by atoms with Crippen LogP contribution in [0.25, 0.3) is 11.1 Å². The molecule has 2 heterocycles. The lowest BCUT2D eigenvalue weighted by Gasteiger charge is -2.12. The van der Waals surface area contributed by atoms with E-state index in [9.17, 15) is 27.6 Å². The van der Waals surface area contributed by atoms with E-state index < -0.39 is 24.0 Å². The monoisotopic (exact) mass is 392 g/mol. The minimum atomic E-state index is -4.45. The highest BCUT2D eigenvalue weighted by Crippen LogP contribution is 2.31. The van der Waals surface area contributed by atoms with E-state index in [1.54, 1.807) is 6.07 Å². The molecular formula is C19H16F4N4O. The third kappa shape index (κ3) is 4.46. The highest BCUT2D eigenvalue weighted by atomic mass is 19.4. The standard InChI is InChI=1S/C19H16F4N4O/c20-14-5-17(26-9-14)18(28)27-10-15-6-16(12(7-24)8-25-15)11-1-3-13(4-2-11)19(21,22)23/h1-4,6,8,14,17,26H,5,9-10H2,(H,27,28). The van der Waals surface area contributed by atoms with Crippen molar-refractivity contribution in [1.82, 2.24) is 15.6 Å². The van der Waals surface area contributed by atoms with Gasteiger partial charge in [-0.2, -0.15) is 18.4 Å². The van der Waals surface area contributed by atoms with Crippen LogP contribution in [-0.2, 0) is 17.5 Å². The lowest BCUT2D eigenvalue weighted by Crippen LogP contribution is -2.40. The van der Waals surface area contributed by atoms with Crippen molar-refractivity contribution in [3.8, 4) is 17.2 Å². The van der Waals surface area contributed by atoms with Crippen LogP contribution in [0, 0.1) is 11.3 Å². The number of carbonyl (C=O) groups is 1. The van der Waals surface area contributed by atoms with Gasteiger partial charge in [-0.15, -0.1) is 0 Å². The van der Waals surface area contributed by atoms with Crippen LogP contribution in [0.2, 0.25) is 0 Å². The van der Waals surface area contributed by atoms with Crippen LogP contribution in [0.5, 0.6) is 0 Å². The number of amides is 1. The predicted molar refractivity (Wildman–Crippen MR) is 92.5 cm³/mol. The molecule has 1 aliphatic heterocycles. The van der Waals surface area contributed by atoms with E-state index in [0.29, 0.717) is 16.8 Å². The average molecular weight is 392 g/mol. The van der Waals surface area contributed by atoms with Crippen LogP contribution >= 0.6 is 0 Å². The first-order valence-corrected chi connectivity index (χ1v) is 8.49. The van der Waals surface area contributed by atoms with Gasteiger partial charge in [0.15, 0.2) is 0 Å². The number of alkyl halides is 4. The van der Waals surface area contributed by atoms with E-state index in [2.05, 4.69) is 15.6 Å². The van der Waals surface area contributed by atoms with Crippen LogP contribution in [0.15, 0.2) is 36.5 Å². The molecule has 0 saturated carbocycles. The maximum atomic E-state index is 13.2. The highest BCUT2D eigenvalue weighted by molar-refractivity contribution is 5.82. The van der Waals surface area contributed by atoms with Gasteiger partial charge in [-0.3, -0.25) is 9.78 Å². The molecule has 0 spiro atoms. The third-order valence-electron chi connectivity index (χ3n) is 4.44. The van der Waals surface area contributed by atoms with E-state index in [4.69, 9.17) is 0 Å². The second-order valence-corrected chi connectivity index (χ2v) is 6.42. The Balaban J connectivity index is 1.77. The number of rotatable bonds is 4. The molecule has 1 aromatic carbocycles. The smallest absolute Gasteiger partial charge is 0.349 e. The van der Waals surface area contributed by atoms with Crippen molar-refractivity contribution >= 4 is 5.91 Å². The predicted octanol–water partition coefficient (Wildman–Crippen LogP) is 2.96. The third-order valence-corrected chi connectivity index (χ3v) is 4.44. The molecule has 1 fully saturated rings. The number of nitrogens with zero attached hydrogens (tertiary/aromatic N) is 2. The fraction of sp³-hybridized carbons (Fsp3) is 0.316. The molecule has 1 amide bonds. The summed E-state index contributed by atoms with van der Waals surface area (Å²) in [7, 11) is 0. The summed E-state index contributed by atoms with van der Waals surface area (Å²) in [5.41, 5.74) is 0.687. The molecule has 146 valence electrons. The number of nitrogens with one attached hydrogen (secondary N) is 2. The SMILES string of the molecule is N#Cc1cnc(CNC(=O)C2CC(F)CN2)cc1-c1ccc(C(F)(F)F)cc1. The Morgan fingerprint density at radius 1 is 1.32 bits per heavy atom. The summed E-state index contributed by atoms with van der Waals surface area (Å²) >= 11 is 0. The summed E-state index contributed by atoms with van der Waals surface area (Å²) in [6.07, 6.45) is -4.10. The maximum absolute atomic E-state index is 13.2. The summed E-state index contributed by atoms with van der Waals surface area (Å²) in [5, 5.41) is 14.7. The Kier molecular flexibility index (Phi) is 5.61. The van der Waals surface area contributed by atoms with Gasteiger partial charge in [0.05, 0.1) is 29.4 Å². The van der Waals surface area contributed by atoms with Crippen molar-refractivity contribution in [3.63, 3.8) is 0 Å². The van der Waals surface area contributed by atoms with Crippen LogP contribution in [-0.4, -0.2) is 29.6 Å². The van der Waals surface area contributed by atoms with Gasteiger partial charge in [0, 0.05) is 24.7 Å². The molecular weight excluding hydrogens is 376 g/mol. The number of aromatic nitrogens is 1. The molecule has 1 aromatic heterocycles. The Hall–Kier alpha value is -2.99. The molecule has 2 unspecified atom stereocenters. The Morgan fingerprint density at radius 3 is 2.61 bits per heavy atom. The van der Waals surface area contributed by atoms with Crippen molar-refractivity contribution in [3.05, 3.63) is 53.3 Å². The number of carbonyl (C=O) groups excluding carboxylic acids is 1. The Bertz CT molecular complexity index is 906. The highest BCUT2D eigenvalue weighted by Gasteiger charge is 2.30. The van der Waals surface area contributed by atoms with Crippen LogP contribution < -0.4 is 10.6 Å². The summed E-state index contributed by atoms with van der Waals surface area (Å²) in [4.78, 5) is 16.1. The number of hydrogen-bond acceptors (Lipinski definition) is 4. The van der Waals surface area contributed by atoms with Gasteiger partial charge < -0.3 is 10.6 Å². The first kappa shape index (κ1) is 19.8. The second-order valence-electron chi connectivity index (χ2n) is 6.42. The van der Waals surface area contributed by atoms with Gasteiger partial charge in [-0.05, 0) is 23.8 Å². The van der Waals surface area contributed by atoms with Crippen LogP contribution in [0.3, 0.4) is 0 Å². The molecule has 0 radical (unpaired) electrons. The maximum Gasteiger partial charge on any atom is 0.416 e. The molecule has 0 aliphatic carbocycles. The first-order valence-electron chi connectivity index (χ1n) is 8.49. The molecule has 0 bridgehead atoms. The van der Waals surface area contributed by atoms with Crippen molar-refractivity contribution in [2.45, 2.75) is 31.4 Å². The molecule has 1 saturated heterocycles. The van der Waals surface area contributed by atoms with Crippen molar-refractivity contribution < 1.29 is 22.4 Å². The number of benzene rings is 1. The van der Waals surface area contributed by atoms with Gasteiger partial charge in [0.25, 0.3) is 0 Å². The number of halogens is 4. The fourth-order valence-electron chi connectivity index (χ4n) is 2.96. The largest absolute Gasteiger partial charge is 0.416 e. The average Bonchev–Trinajstić information content (AvgIpc) is 3.12. The van der Waals surface area contributed by atoms with Gasteiger partial charge in [0.2, 0.25) is 5.91 Å². The summed E-state index contributed by atoms with van der Waals surface area (Å²) in [6.45, 7) is 0.179. The quantitative estimate of drug-likeness (QED) is 0.785. The van der Waals surface area contributed by atoms with E-state index in [0.717, 1.165) is 12.1 Å². The van der Waals surface area contributed by atoms with Gasteiger partial charge in [-0.25, -0.2) is 4.39 Å². The number of nitriles is 1. The van der Waals surface area contributed by atoms with Crippen LogP contribution in [0.4, 0.5) is 17.6 Å². The van der Waals surface area contributed by atoms with E-state index in [1.165, 1.54) is 18.3 Å². The number of pyridine rings is 1. The normalized spacial score (nSPS) is 19.2. The lowest BCUT2D eigenvalue weighted by atomic mass is 10.00. The Labute approximate surface area is 158 Å². The van der Waals surface area contributed by atoms with Crippen LogP contribution in [0.1, 0.15) is 23.2 Å². The summed E-state index contributed by atoms with van der Waals surface area (Å²) in [6, 6.07) is 7.34. The molecule has 2 atom stereocenters. The van der Waals surface area contributed by atoms with Gasteiger partial charge >= 0.3 is 6.18 Å². The molecule has 9 heteroatoms. The minimum absolute atomic E-state index is 0.0489. The topological polar surface area (TPSA) is 77.8 Å². The fourth-order valence-corrected chi connectivity index (χ4v) is 2.96. The summed E-state index contributed by atoms with van der Waals surface area (Å²) < 4.78 is 51.4. The molecule has 2 aromatic rings. The zero-order chi connectivity index (χ0) is 20.3. The minimum Gasteiger partial charge on any atom is -0.349 e. The van der Waals surface area contributed by atoms with Crippen molar-refractivity contribution in [2.24, 2.45) is 0 Å². The second kappa shape index (κ2) is 7.94. The van der Waals surface area contributed by atoms with Gasteiger partial charge in [0.1, 0.15) is 12.2 Å². The number of hydrogen-bond donors (Lipinski definition) is 2. The Morgan fingerprint density at radius 2 is 2.04 bits per heavy atom. The molecule has 3 rings (SSSR count). The van der Waals surface area contributed by atoms with E-state index in [-0.39, 0.29) is 31.0 Å². The zero-order valence-corrected chi connectivity index (χ0v) is 14.6. The van der Waals surface area contributed by atoms with E-state index in [1.807, 2.05) is 6.07 Å². The van der Waals surface area contributed by atoms with Crippen molar-refractivity contribution in [1.29, 1.82) is 5.26 Å². The molecule has 28 heavy (non-hydrogen) atoms. The van der Waals surface area contributed by atoms with E-state index >= 15 is 0 Å². The zero-order valence-electron chi connectivity index (χ0n) is 14.6. The molecule has 2 N–H and O–H groups in total. The van der Waals surface area contributed by atoms with Gasteiger partial charge in [-0.1, -0.05) is 12.1 Å². The van der Waals surface area contributed by atoms with Crippen molar-refractivity contribution in [2.75, 3.05) is 6.54 Å².